The maximum Gasteiger partial charge on any atom is 0.316 e. The molecular formula is C23H30N2O4. The second-order valence-corrected chi connectivity index (χ2v) is 8.43. The SMILES string of the molecule is CCOC(=O)C1CC(C)C(c2c(C)ccc3c2cnn3C2CCCCO2)CC1=O. The fourth-order valence-corrected chi connectivity index (χ4v) is 4.97. The number of esters is 1. The van der Waals surface area contributed by atoms with Gasteiger partial charge in [0.15, 0.2) is 6.23 Å². The first-order chi connectivity index (χ1) is 14.0. The molecule has 1 aromatic carbocycles. The quantitative estimate of drug-likeness (QED) is 0.567. The van der Waals surface area contributed by atoms with E-state index in [2.05, 4.69) is 31.1 Å². The maximum absolute atomic E-state index is 12.8. The molecular weight excluding hydrogens is 368 g/mol. The van der Waals surface area contributed by atoms with E-state index < -0.39 is 5.92 Å². The normalized spacial score (nSPS) is 27.9. The molecule has 0 amide bonds. The van der Waals surface area contributed by atoms with Crippen molar-refractivity contribution in [3.05, 3.63) is 29.5 Å². The number of Topliss-reactive ketones (excluding diaryl/α,β-unsaturated/α-hetero) is 1. The van der Waals surface area contributed by atoms with Crippen LogP contribution in [0.15, 0.2) is 18.3 Å². The summed E-state index contributed by atoms with van der Waals surface area (Å²) in [5.41, 5.74) is 3.42. The van der Waals surface area contributed by atoms with Gasteiger partial charge in [-0.2, -0.15) is 5.10 Å². The highest BCUT2D eigenvalue weighted by Crippen LogP contribution is 2.43. The molecule has 2 aromatic rings. The van der Waals surface area contributed by atoms with Crippen molar-refractivity contribution < 1.29 is 19.1 Å². The molecule has 0 radical (unpaired) electrons. The van der Waals surface area contributed by atoms with E-state index in [-0.39, 0.29) is 29.8 Å². The van der Waals surface area contributed by atoms with E-state index in [4.69, 9.17) is 9.47 Å². The van der Waals surface area contributed by atoms with Crippen LogP contribution in [0.2, 0.25) is 0 Å². The number of aryl methyl sites for hydroxylation is 1. The van der Waals surface area contributed by atoms with Crippen molar-refractivity contribution in [1.29, 1.82) is 0 Å². The molecule has 0 spiro atoms. The molecule has 1 aliphatic carbocycles. The van der Waals surface area contributed by atoms with Crippen LogP contribution in [0.5, 0.6) is 0 Å². The molecule has 1 aliphatic heterocycles. The van der Waals surface area contributed by atoms with Gasteiger partial charge in [-0.05, 0) is 68.6 Å². The molecule has 0 bridgehead atoms. The van der Waals surface area contributed by atoms with Gasteiger partial charge in [0.2, 0.25) is 0 Å². The fourth-order valence-electron chi connectivity index (χ4n) is 4.97. The van der Waals surface area contributed by atoms with Gasteiger partial charge in [0.25, 0.3) is 0 Å². The van der Waals surface area contributed by atoms with E-state index in [0.717, 1.165) is 36.8 Å². The summed E-state index contributed by atoms with van der Waals surface area (Å²) >= 11 is 0. The molecule has 1 saturated carbocycles. The third-order valence-electron chi connectivity index (χ3n) is 6.51. The molecule has 29 heavy (non-hydrogen) atoms. The van der Waals surface area contributed by atoms with Crippen LogP contribution in [0, 0.1) is 18.8 Å². The van der Waals surface area contributed by atoms with Crippen molar-refractivity contribution in [3.8, 4) is 0 Å². The maximum atomic E-state index is 12.8. The highest BCUT2D eigenvalue weighted by Gasteiger charge is 2.40. The molecule has 6 nitrogen and oxygen atoms in total. The van der Waals surface area contributed by atoms with E-state index >= 15 is 0 Å². The van der Waals surface area contributed by atoms with E-state index in [1.54, 1.807) is 6.92 Å². The number of ketones is 1. The predicted octanol–water partition coefficient (Wildman–Crippen LogP) is 4.31. The summed E-state index contributed by atoms with van der Waals surface area (Å²) in [6.07, 6.45) is 6.03. The second-order valence-electron chi connectivity index (χ2n) is 8.43. The third kappa shape index (κ3) is 3.70. The van der Waals surface area contributed by atoms with Gasteiger partial charge >= 0.3 is 5.97 Å². The van der Waals surface area contributed by atoms with Crippen molar-refractivity contribution >= 4 is 22.7 Å². The van der Waals surface area contributed by atoms with Gasteiger partial charge in [0, 0.05) is 18.4 Å². The Bertz CT molecular complexity index is 913. The minimum atomic E-state index is -0.626. The molecule has 2 fully saturated rings. The van der Waals surface area contributed by atoms with Crippen LogP contribution in [-0.4, -0.2) is 34.7 Å². The average Bonchev–Trinajstić information content (AvgIpc) is 3.14. The van der Waals surface area contributed by atoms with Gasteiger partial charge in [-0.1, -0.05) is 13.0 Å². The Hall–Kier alpha value is -2.21. The third-order valence-corrected chi connectivity index (χ3v) is 6.51. The number of hydrogen-bond acceptors (Lipinski definition) is 5. The van der Waals surface area contributed by atoms with Crippen molar-refractivity contribution in [2.75, 3.05) is 13.2 Å². The highest BCUT2D eigenvalue weighted by molar-refractivity contribution is 6.00. The zero-order valence-electron chi connectivity index (χ0n) is 17.5. The van der Waals surface area contributed by atoms with Crippen LogP contribution < -0.4 is 0 Å². The molecule has 4 atom stereocenters. The first-order valence-corrected chi connectivity index (χ1v) is 10.8. The lowest BCUT2D eigenvalue weighted by atomic mass is 9.70. The van der Waals surface area contributed by atoms with Crippen molar-refractivity contribution in [2.24, 2.45) is 11.8 Å². The van der Waals surface area contributed by atoms with Gasteiger partial charge in [-0.25, -0.2) is 4.68 Å². The molecule has 2 aliphatic rings. The second kappa shape index (κ2) is 8.27. The fraction of sp³-hybridized carbons (Fsp3) is 0.609. The van der Waals surface area contributed by atoms with E-state index in [0.29, 0.717) is 19.4 Å². The monoisotopic (exact) mass is 398 g/mol. The average molecular weight is 399 g/mol. The first kappa shape index (κ1) is 20.1. The van der Waals surface area contributed by atoms with Gasteiger partial charge in [0.1, 0.15) is 11.7 Å². The van der Waals surface area contributed by atoms with Crippen molar-refractivity contribution in [2.45, 2.75) is 65.0 Å². The van der Waals surface area contributed by atoms with Crippen LogP contribution in [-0.2, 0) is 19.1 Å². The lowest BCUT2D eigenvalue weighted by molar-refractivity contribution is -0.153. The van der Waals surface area contributed by atoms with E-state index in [1.807, 2.05) is 10.9 Å². The molecule has 156 valence electrons. The number of aromatic nitrogens is 2. The van der Waals surface area contributed by atoms with Crippen molar-refractivity contribution in [3.63, 3.8) is 0 Å². The van der Waals surface area contributed by atoms with Crippen LogP contribution in [0.1, 0.15) is 69.2 Å². The largest absolute Gasteiger partial charge is 0.465 e. The molecule has 4 unspecified atom stereocenters. The summed E-state index contributed by atoms with van der Waals surface area (Å²) in [5, 5.41) is 5.76. The van der Waals surface area contributed by atoms with Crippen LogP contribution in [0.3, 0.4) is 0 Å². The summed E-state index contributed by atoms with van der Waals surface area (Å²) < 4.78 is 13.1. The number of fused-ring (bicyclic) bond motifs is 1. The van der Waals surface area contributed by atoms with Gasteiger partial charge < -0.3 is 9.47 Å². The smallest absolute Gasteiger partial charge is 0.316 e. The molecule has 2 heterocycles. The molecule has 1 saturated heterocycles. The molecule has 0 N–H and O–H groups in total. The Morgan fingerprint density at radius 3 is 2.90 bits per heavy atom. The van der Waals surface area contributed by atoms with E-state index in [9.17, 15) is 9.59 Å². The Morgan fingerprint density at radius 1 is 1.34 bits per heavy atom. The standard InChI is InChI=1S/C23H30N2O4/c1-4-28-23(27)17-11-15(3)16(12-20(17)26)22-14(2)8-9-19-18(22)13-24-25(19)21-7-5-6-10-29-21/h8-9,13,15-17,21H,4-7,10-12H2,1-3H3. The zero-order valence-corrected chi connectivity index (χ0v) is 17.5. The Kier molecular flexibility index (Phi) is 5.72. The topological polar surface area (TPSA) is 70.4 Å². The molecule has 1 aromatic heterocycles. The Labute approximate surface area is 171 Å². The minimum Gasteiger partial charge on any atom is -0.465 e. The number of rotatable bonds is 4. The number of nitrogens with zero attached hydrogens (tertiary/aromatic N) is 2. The lowest BCUT2D eigenvalue weighted by Gasteiger charge is -2.33. The number of carbonyl (C=O) groups excluding carboxylic acids is 2. The summed E-state index contributed by atoms with van der Waals surface area (Å²) in [6, 6.07) is 4.23. The first-order valence-electron chi connectivity index (χ1n) is 10.8. The lowest BCUT2D eigenvalue weighted by Crippen LogP contribution is -2.35. The summed E-state index contributed by atoms with van der Waals surface area (Å²) in [4.78, 5) is 25.0. The van der Waals surface area contributed by atoms with E-state index in [1.165, 1.54) is 11.1 Å². The zero-order chi connectivity index (χ0) is 20.5. The van der Waals surface area contributed by atoms with Crippen LogP contribution >= 0.6 is 0 Å². The molecule has 6 heteroatoms. The highest BCUT2D eigenvalue weighted by atomic mass is 16.5. The summed E-state index contributed by atoms with van der Waals surface area (Å²) in [6.45, 7) is 7.08. The number of benzene rings is 1. The predicted molar refractivity (Wildman–Crippen MR) is 110 cm³/mol. The summed E-state index contributed by atoms with van der Waals surface area (Å²) in [7, 11) is 0. The van der Waals surface area contributed by atoms with Crippen molar-refractivity contribution in [1.82, 2.24) is 9.78 Å². The van der Waals surface area contributed by atoms with Crippen LogP contribution in [0.25, 0.3) is 10.9 Å². The number of carbonyl (C=O) groups is 2. The summed E-state index contributed by atoms with van der Waals surface area (Å²) in [5.74, 6) is -0.715. The minimum absolute atomic E-state index is 0.00837. The Morgan fingerprint density at radius 2 is 2.17 bits per heavy atom. The number of ether oxygens (including phenoxy) is 2. The van der Waals surface area contributed by atoms with Crippen LogP contribution in [0.4, 0.5) is 0 Å². The van der Waals surface area contributed by atoms with Gasteiger partial charge in [-0.3, -0.25) is 9.59 Å². The molecule has 4 rings (SSSR count). The Balaban J connectivity index is 1.67. The van der Waals surface area contributed by atoms with Gasteiger partial charge in [0.05, 0.1) is 18.3 Å². The van der Waals surface area contributed by atoms with Gasteiger partial charge in [-0.15, -0.1) is 0 Å². The number of hydrogen-bond donors (Lipinski definition) is 0.